The minimum Gasteiger partial charge on any atom is -0.369 e. The van der Waals surface area contributed by atoms with Gasteiger partial charge in [0.05, 0.1) is 12.5 Å². The molecule has 2 fully saturated rings. The van der Waals surface area contributed by atoms with Gasteiger partial charge < -0.3 is 21.3 Å². The van der Waals surface area contributed by atoms with E-state index in [-0.39, 0.29) is 41.3 Å². The van der Waals surface area contributed by atoms with Gasteiger partial charge in [-0.05, 0) is 79.1 Å². The van der Waals surface area contributed by atoms with Gasteiger partial charge in [-0.25, -0.2) is 0 Å². The van der Waals surface area contributed by atoms with Crippen LogP contribution in [-0.2, 0) is 4.79 Å². The average Bonchev–Trinajstić information content (AvgIpc) is 2.70. The number of carbonyl (C=O) groups excluding carboxylic acids is 1. The van der Waals surface area contributed by atoms with Crippen LogP contribution in [-0.4, -0.2) is 79.6 Å². The fourth-order valence-corrected chi connectivity index (χ4v) is 4.21. The molecule has 2 aliphatic heterocycles. The Bertz CT molecular complexity index is 507. The Labute approximate surface area is 194 Å². The van der Waals surface area contributed by atoms with E-state index in [1.807, 2.05) is 0 Å². The van der Waals surface area contributed by atoms with Gasteiger partial charge in [-0.15, -0.1) is 24.0 Å². The number of nitrogens with zero attached hydrogens (tertiary/aromatic N) is 3. The molecule has 0 spiro atoms. The molecule has 2 aliphatic rings. The summed E-state index contributed by atoms with van der Waals surface area (Å²) in [5, 5.41) is 6.84. The number of halogens is 1. The highest BCUT2D eigenvalue weighted by atomic mass is 127. The van der Waals surface area contributed by atoms with E-state index in [2.05, 4.69) is 41.2 Å². The van der Waals surface area contributed by atoms with Crippen molar-refractivity contribution in [2.75, 3.05) is 52.4 Å². The van der Waals surface area contributed by atoms with Gasteiger partial charge in [0.25, 0.3) is 0 Å². The minimum absolute atomic E-state index is 0. The number of guanidine groups is 1. The molecule has 0 radical (unpaired) electrons. The molecule has 2 heterocycles. The Morgan fingerprint density at radius 1 is 1.14 bits per heavy atom. The van der Waals surface area contributed by atoms with Crippen LogP contribution in [0, 0.1) is 5.92 Å². The number of hydrogen-bond acceptors (Lipinski definition) is 4. The van der Waals surface area contributed by atoms with Crippen LogP contribution in [0.3, 0.4) is 0 Å². The summed E-state index contributed by atoms with van der Waals surface area (Å²) in [5.41, 5.74) is 5.57. The van der Waals surface area contributed by atoms with E-state index >= 15 is 0 Å². The van der Waals surface area contributed by atoms with Gasteiger partial charge in [0.1, 0.15) is 0 Å². The monoisotopic (exact) mass is 522 g/mol. The van der Waals surface area contributed by atoms with Gasteiger partial charge in [0.2, 0.25) is 5.91 Å². The van der Waals surface area contributed by atoms with Gasteiger partial charge in [-0.3, -0.25) is 14.7 Å². The summed E-state index contributed by atoms with van der Waals surface area (Å²) in [5.74, 6) is 0.777. The lowest BCUT2D eigenvalue weighted by molar-refractivity contribution is -0.123. The number of likely N-dealkylation sites (tertiary alicyclic amines) is 2. The first-order valence-electron chi connectivity index (χ1n) is 11.2. The van der Waals surface area contributed by atoms with Crippen molar-refractivity contribution in [2.45, 2.75) is 64.8 Å². The van der Waals surface area contributed by atoms with Crippen LogP contribution in [0.4, 0.5) is 0 Å². The van der Waals surface area contributed by atoms with Gasteiger partial charge in [0.15, 0.2) is 5.96 Å². The molecule has 1 amide bonds. The van der Waals surface area contributed by atoms with Gasteiger partial charge in [-0.1, -0.05) is 6.42 Å². The molecule has 4 N–H and O–H groups in total. The summed E-state index contributed by atoms with van der Waals surface area (Å²) >= 11 is 0. The summed E-state index contributed by atoms with van der Waals surface area (Å²) in [6, 6.07) is 0. The zero-order valence-corrected chi connectivity index (χ0v) is 21.0. The molecule has 7 nitrogen and oxygen atoms in total. The average molecular weight is 523 g/mol. The molecular formula is C21H43IN6O. The van der Waals surface area contributed by atoms with E-state index in [1.54, 1.807) is 0 Å². The van der Waals surface area contributed by atoms with Crippen LogP contribution < -0.4 is 16.4 Å². The number of carbonyl (C=O) groups is 1. The predicted molar refractivity (Wildman–Crippen MR) is 132 cm³/mol. The highest BCUT2D eigenvalue weighted by molar-refractivity contribution is 14.0. The molecule has 2 saturated heterocycles. The first-order valence-corrected chi connectivity index (χ1v) is 11.2. The largest absolute Gasteiger partial charge is 0.369 e. The third kappa shape index (κ3) is 9.38. The SMILES string of the molecule is CCNC(=NCC(C)(C)N1CCCCC1)NCCCN1CCCC(C(N)=O)C1.I. The maximum absolute atomic E-state index is 11.4. The number of hydrogen-bond donors (Lipinski definition) is 3. The van der Waals surface area contributed by atoms with Crippen molar-refractivity contribution in [3.05, 3.63) is 0 Å². The number of nitrogens with two attached hydrogens (primary N) is 1. The number of primary amides is 1. The lowest BCUT2D eigenvalue weighted by Crippen LogP contribution is -2.49. The number of amides is 1. The van der Waals surface area contributed by atoms with Crippen molar-refractivity contribution in [2.24, 2.45) is 16.6 Å². The van der Waals surface area contributed by atoms with E-state index in [4.69, 9.17) is 10.7 Å². The highest BCUT2D eigenvalue weighted by Crippen LogP contribution is 2.20. The van der Waals surface area contributed by atoms with Crippen molar-refractivity contribution in [3.63, 3.8) is 0 Å². The lowest BCUT2D eigenvalue weighted by atomic mass is 9.97. The fourth-order valence-electron chi connectivity index (χ4n) is 4.21. The van der Waals surface area contributed by atoms with Gasteiger partial charge in [-0.2, -0.15) is 0 Å². The van der Waals surface area contributed by atoms with Crippen molar-refractivity contribution in [1.29, 1.82) is 0 Å². The molecule has 0 aromatic carbocycles. The molecule has 2 rings (SSSR count). The Balaban J connectivity index is 0.00000420. The topological polar surface area (TPSA) is 86.0 Å². The smallest absolute Gasteiger partial charge is 0.221 e. The van der Waals surface area contributed by atoms with Gasteiger partial charge in [0, 0.05) is 25.2 Å². The Kier molecular flexibility index (Phi) is 12.4. The summed E-state index contributed by atoms with van der Waals surface area (Å²) in [6.45, 7) is 14.5. The van der Waals surface area contributed by atoms with Crippen molar-refractivity contribution >= 4 is 35.8 Å². The van der Waals surface area contributed by atoms with Gasteiger partial charge >= 0.3 is 0 Å². The number of nitrogens with one attached hydrogen (secondary N) is 2. The number of piperidine rings is 2. The molecular weight excluding hydrogens is 479 g/mol. The third-order valence-electron chi connectivity index (χ3n) is 6.03. The minimum atomic E-state index is -0.152. The molecule has 0 bridgehead atoms. The van der Waals surface area contributed by atoms with Crippen LogP contribution >= 0.6 is 24.0 Å². The first-order chi connectivity index (χ1) is 13.4. The molecule has 1 atom stereocenters. The number of aliphatic imine (C=N–C) groups is 1. The quantitative estimate of drug-likeness (QED) is 0.187. The molecule has 0 aromatic rings. The maximum Gasteiger partial charge on any atom is 0.221 e. The molecule has 0 saturated carbocycles. The van der Waals surface area contributed by atoms with E-state index in [0.29, 0.717) is 0 Å². The molecule has 1 unspecified atom stereocenters. The lowest BCUT2D eigenvalue weighted by Gasteiger charge is -2.40. The second-order valence-electron chi connectivity index (χ2n) is 8.88. The van der Waals surface area contributed by atoms with Crippen LogP contribution in [0.25, 0.3) is 0 Å². The Morgan fingerprint density at radius 3 is 2.52 bits per heavy atom. The first kappa shape index (κ1) is 26.4. The summed E-state index contributed by atoms with van der Waals surface area (Å²) in [4.78, 5) is 21.2. The molecule has 0 aliphatic carbocycles. The molecule has 0 aromatic heterocycles. The van der Waals surface area contributed by atoms with Crippen LogP contribution in [0.15, 0.2) is 4.99 Å². The maximum atomic E-state index is 11.4. The zero-order valence-electron chi connectivity index (χ0n) is 18.7. The number of rotatable bonds is 9. The highest BCUT2D eigenvalue weighted by Gasteiger charge is 2.27. The van der Waals surface area contributed by atoms with E-state index in [9.17, 15) is 4.79 Å². The van der Waals surface area contributed by atoms with Crippen LogP contribution in [0.1, 0.15) is 59.3 Å². The van der Waals surface area contributed by atoms with Crippen LogP contribution in [0.5, 0.6) is 0 Å². The van der Waals surface area contributed by atoms with Crippen molar-refractivity contribution in [3.8, 4) is 0 Å². The van der Waals surface area contributed by atoms with Crippen molar-refractivity contribution in [1.82, 2.24) is 20.4 Å². The second-order valence-corrected chi connectivity index (χ2v) is 8.88. The molecule has 170 valence electrons. The fraction of sp³-hybridized carbons (Fsp3) is 0.905. The summed E-state index contributed by atoms with van der Waals surface area (Å²) in [7, 11) is 0. The van der Waals surface area contributed by atoms with E-state index in [0.717, 1.165) is 64.5 Å². The second kappa shape index (κ2) is 13.6. The summed E-state index contributed by atoms with van der Waals surface area (Å²) < 4.78 is 0. The zero-order chi connectivity index (χ0) is 20.4. The standard InChI is InChI=1S/C21H42N6O.HI/c1-4-23-20(25-17-21(2,3)27-14-6-5-7-15-27)24-11-9-13-26-12-8-10-18(16-26)19(22)28;/h18H,4-17H2,1-3H3,(H2,22,28)(H2,23,24,25);1H. The Morgan fingerprint density at radius 2 is 1.86 bits per heavy atom. The normalized spacial score (nSPS) is 22.0. The summed E-state index contributed by atoms with van der Waals surface area (Å²) in [6.07, 6.45) is 7.00. The van der Waals surface area contributed by atoms with Crippen LogP contribution in [0.2, 0.25) is 0 Å². The van der Waals surface area contributed by atoms with Crippen molar-refractivity contribution < 1.29 is 4.79 Å². The van der Waals surface area contributed by atoms with E-state index < -0.39 is 0 Å². The third-order valence-corrected chi connectivity index (χ3v) is 6.03. The Hall–Kier alpha value is -0.610. The van der Waals surface area contributed by atoms with E-state index in [1.165, 1.54) is 32.4 Å². The molecule has 29 heavy (non-hydrogen) atoms. The molecule has 8 heteroatoms. The predicted octanol–water partition coefficient (Wildman–Crippen LogP) is 2.01.